The van der Waals surface area contributed by atoms with Gasteiger partial charge < -0.3 is 15.0 Å². The predicted molar refractivity (Wildman–Crippen MR) is 66.2 cm³/mol. The van der Waals surface area contributed by atoms with E-state index in [4.69, 9.17) is 4.74 Å². The summed E-state index contributed by atoms with van der Waals surface area (Å²) in [4.78, 5) is 13.6. The molecule has 16 heavy (non-hydrogen) atoms. The summed E-state index contributed by atoms with van der Waals surface area (Å²) in [7, 11) is 1.54. The van der Waals surface area contributed by atoms with Crippen LogP contribution in [0.15, 0.2) is 11.8 Å². The third kappa shape index (κ3) is 4.66. The van der Waals surface area contributed by atoms with Gasteiger partial charge in [-0.2, -0.15) is 0 Å². The summed E-state index contributed by atoms with van der Waals surface area (Å²) in [5.74, 6) is 0.477. The third-order valence-corrected chi connectivity index (χ3v) is 2.22. The number of carbonyl (C=O) groups excluding carboxylic acids is 1. The first-order valence-corrected chi connectivity index (χ1v) is 6.03. The number of hydrogen-bond donors (Lipinski definition) is 1. The molecule has 0 spiro atoms. The number of nitrogens with one attached hydrogen (secondary N) is 1. The fourth-order valence-corrected chi connectivity index (χ4v) is 1.47. The molecular formula is C12H24N2O2. The summed E-state index contributed by atoms with van der Waals surface area (Å²) < 4.78 is 5.06. The molecule has 4 nitrogen and oxygen atoms in total. The Morgan fingerprint density at radius 1 is 1.38 bits per heavy atom. The first kappa shape index (κ1) is 15.0. The molecule has 1 amide bonds. The van der Waals surface area contributed by atoms with Crippen molar-refractivity contribution in [3.63, 3.8) is 0 Å². The Morgan fingerprint density at radius 3 is 2.38 bits per heavy atom. The van der Waals surface area contributed by atoms with Gasteiger partial charge in [-0.1, -0.05) is 20.8 Å². The number of ether oxygens (including phenoxy) is 1. The quantitative estimate of drug-likeness (QED) is 0.586. The number of carbonyl (C=O) groups is 1. The van der Waals surface area contributed by atoms with E-state index in [1.54, 1.807) is 7.11 Å². The molecule has 0 radical (unpaired) electrons. The highest BCUT2D eigenvalue weighted by molar-refractivity contribution is 5.91. The molecule has 1 N–H and O–H groups in total. The molecule has 1 aliphatic heterocycles. The van der Waals surface area contributed by atoms with E-state index in [-0.39, 0.29) is 5.91 Å². The molecule has 1 fully saturated rings. The van der Waals surface area contributed by atoms with Crippen LogP contribution in [0.4, 0.5) is 0 Å². The van der Waals surface area contributed by atoms with Crippen molar-refractivity contribution in [3.05, 3.63) is 11.8 Å². The van der Waals surface area contributed by atoms with E-state index in [2.05, 4.69) is 5.32 Å². The maximum Gasteiger partial charge on any atom is 0.288 e. The Labute approximate surface area is 98.6 Å². The van der Waals surface area contributed by atoms with Crippen LogP contribution in [0.5, 0.6) is 0 Å². The lowest BCUT2D eigenvalue weighted by Gasteiger charge is -2.27. The molecule has 0 aliphatic carbocycles. The molecule has 0 atom stereocenters. The van der Waals surface area contributed by atoms with Crippen molar-refractivity contribution >= 4 is 5.91 Å². The van der Waals surface area contributed by atoms with E-state index < -0.39 is 0 Å². The number of amides is 1. The Morgan fingerprint density at radius 2 is 1.94 bits per heavy atom. The largest absolute Gasteiger partial charge is 0.491 e. The molecule has 0 saturated carbocycles. The van der Waals surface area contributed by atoms with Gasteiger partial charge >= 0.3 is 0 Å². The number of hydrogen-bond acceptors (Lipinski definition) is 3. The minimum atomic E-state index is 0.0100. The summed E-state index contributed by atoms with van der Waals surface area (Å²) in [6, 6.07) is 0. The maximum absolute atomic E-state index is 11.8. The van der Waals surface area contributed by atoms with Crippen LogP contribution in [0.3, 0.4) is 0 Å². The van der Waals surface area contributed by atoms with Gasteiger partial charge in [0.1, 0.15) is 0 Å². The maximum atomic E-state index is 11.8. The van der Waals surface area contributed by atoms with Crippen LogP contribution in [0.1, 0.15) is 27.2 Å². The standard InChI is InChI=1S/C10H18N2O2.C2H6/c1-3-4-9(14-2)10(13)12-7-5-11-6-8-12;1-2/h4,11H,3,5-8H2,1-2H3;1-2H3/b9-4-;. The third-order valence-electron chi connectivity index (χ3n) is 2.22. The Bertz CT molecular complexity index is 221. The second-order valence-electron chi connectivity index (χ2n) is 3.22. The van der Waals surface area contributed by atoms with Crippen LogP contribution < -0.4 is 5.32 Å². The van der Waals surface area contributed by atoms with Crippen molar-refractivity contribution in [2.75, 3.05) is 33.3 Å². The van der Waals surface area contributed by atoms with Crippen LogP contribution in [0, 0.1) is 0 Å². The predicted octanol–water partition coefficient (Wildman–Crippen LogP) is 1.38. The topological polar surface area (TPSA) is 41.6 Å². The van der Waals surface area contributed by atoms with Gasteiger partial charge in [0.05, 0.1) is 7.11 Å². The number of nitrogens with zero attached hydrogens (tertiary/aromatic N) is 1. The van der Waals surface area contributed by atoms with Gasteiger partial charge in [-0.25, -0.2) is 0 Å². The number of allylic oxidation sites excluding steroid dienone is 1. The minimum Gasteiger partial charge on any atom is -0.491 e. The SMILES string of the molecule is CC.CC/C=C(\OC)C(=O)N1CCNCC1. The molecule has 1 heterocycles. The van der Waals surface area contributed by atoms with Crippen LogP contribution in [-0.4, -0.2) is 44.1 Å². The van der Waals surface area contributed by atoms with Crippen molar-refractivity contribution in [2.24, 2.45) is 0 Å². The van der Waals surface area contributed by atoms with E-state index in [0.717, 1.165) is 32.6 Å². The zero-order valence-corrected chi connectivity index (χ0v) is 10.9. The summed E-state index contributed by atoms with van der Waals surface area (Å²) in [5, 5.41) is 3.20. The van der Waals surface area contributed by atoms with Crippen LogP contribution in [0.25, 0.3) is 0 Å². The number of piperazine rings is 1. The van der Waals surface area contributed by atoms with Crippen molar-refractivity contribution in [1.29, 1.82) is 0 Å². The lowest BCUT2D eigenvalue weighted by Crippen LogP contribution is -2.47. The van der Waals surface area contributed by atoms with Crippen molar-refractivity contribution in [3.8, 4) is 0 Å². The zero-order chi connectivity index (χ0) is 12.4. The lowest BCUT2D eigenvalue weighted by atomic mass is 10.3. The van der Waals surface area contributed by atoms with Crippen molar-refractivity contribution in [1.82, 2.24) is 10.2 Å². The van der Waals surface area contributed by atoms with E-state index >= 15 is 0 Å². The smallest absolute Gasteiger partial charge is 0.288 e. The van der Waals surface area contributed by atoms with Crippen LogP contribution >= 0.6 is 0 Å². The molecule has 1 rings (SSSR count). The second-order valence-corrected chi connectivity index (χ2v) is 3.22. The molecule has 4 heteroatoms. The number of methoxy groups -OCH3 is 1. The first-order valence-electron chi connectivity index (χ1n) is 6.03. The van der Waals surface area contributed by atoms with E-state index in [1.165, 1.54) is 0 Å². The molecule has 0 unspecified atom stereocenters. The summed E-state index contributed by atoms with van der Waals surface area (Å²) in [6.45, 7) is 9.26. The fraction of sp³-hybridized carbons (Fsp3) is 0.750. The van der Waals surface area contributed by atoms with Gasteiger partial charge in [-0.05, 0) is 12.5 Å². The van der Waals surface area contributed by atoms with Crippen LogP contribution in [0.2, 0.25) is 0 Å². The normalized spacial score (nSPS) is 16.2. The Kier molecular flexibility index (Phi) is 8.62. The van der Waals surface area contributed by atoms with Gasteiger partial charge in [0.25, 0.3) is 5.91 Å². The highest BCUT2D eigenvalue weighted by atomic mass is 16.5. The Hall–Kier alpha value is -1.03. The van der Waals surface area contributed by atoms with E-state index in [9.17, 15) is 4.79 Å². The van der Waals surface area contributed by atoms with Gasteiger partial charge in [0.2, 0.25) is 0 Å². The Balaban J connectivity index is 0.00000106. The molecule has 0 aromatic rings. The van der Waals surface area contributed by atoms with Gasteiger partial charge in [0.15, 0.2) is 5.76 Å². The highest BCUT2D eigenvalue weighted by Gasteiger charge is 2.19. The molecule has 1 saturated heterocycles. The molecule has 1 aliphatic rings. The lowest BCUT2D eigenvalue weighted by molar-refractivity contribution is -0.130. The van der Waals surface area contributed by atoms with Gasteiger partial charge in [-0.15, -0.1) is 0 Å². The average molecular weight is 228 g/mol. The van der Waals surface area contributed by atoms with Crippen molar-refractivity contribution < 1.29 is 9.53 Å². The number of rotatable bonds is 3. The van der Waals surface area contributed by atoms with Gasteiger partial charge in [-0.3, -0.25) is 4.79 Å². The minimum absolute atomic E-state index is 0.0100. The molecule has 0 bridgehead atoms. The van der Waals surface area contributed by atoms with Crippen LogP contribution in [-0.2, 0) is 9.53 Å². The average Bonchev–Trinajstić information content (AvgIpc) is 2.38. The van der Waals surface area contributed by atoms with Gasteiger partial charge in [0, 0.05) is 26.2 Å². The summed E-state index contributed by atoms with van der Waals surface area (Å²) in [6.07, 6.45) is 2.64. The molecular weight excluding hydrogens is 204 g/mol. The highest BCUT2D eigenvalue weighted by Crippen LogP contribution is 2.05. The molecule has 0 aromatic carbocycles. The van der Waals surface area contributed by atoms with E-state index in [0.29, 0.717) is 5.76 Å². The summed E-state index contributed by atoms with van der Waals surface area (Å²) in [5.41, 5.74) is 0. The zero-order valence-electron chi connectivity index (χ0n) is 10.9. The van der Waals surface area contributed by atoms with E-state index in [1.807, 2.05) is 31.7 Å². The fourth-order valence-electron chi connectivity index (χ4n) is 1.47. The first-order chi connectivity index (χ1) is 7.79. The molecule has 0 aromatic heterocycles. The van der Waals surface area contributed by atoms with Crippen molar-refractivity contribution in [2.45, 2.75) is 27.2 Å². The molecule has 94 valence electrons. The second kappa shape index (κ2) is 9.21. The monoisotopic (exact) mass is 228 g/mol. The summed E-state index contributed by atoms with van der Waals surface area (Å²) >= 11 is 0.